The molecule has 1 aromatic heterocycles. The molecule has 5 heterocycles. The Morgan fingerprint density at radius 3 is 2.59 bits per heavy atom. The largest absolute Gasteiger partial charge is 0.463 e. The van der Waals surface area contributed by atoms with Crippen molar-refractivity contribution in [3.05, 3.63) is 35.5 Å². The van der Waals surface area contributed by atoms with E-state index < -0.39 is 52.9 Å². The maximum Gasteiger partial charge on any atom is 0.349 e. The summed E-state index contributed by atoms with van der Waals surface area (Å²) in [4.78, 5) is 67.2. The average molecular weight is 438 g/mol. The lowest BCUT2D eigenvalue weighted by atomic mass is 9.77. The Kier molecular flexibility index (Phi) is 3.49. The summed E-state index contributed by atoms with van der Waals surface area (Å²) in [6.45, 7) is 2.97. The van der Waals surface area contributed by atoms with Gasteiger partial charge in [-0.1, -0.05) is 18.2 Å². The first-order chi connectivity index (χ1) is 15.3. The minimum atomic E-state index is -2.44. The van der Waals surface area contributed by atoms with Gasteiger partial charge < -0.3 is 19.1 Å². The molecule has 10 nitrogen and oxygen atoms in total. The van der Waals surface area contributed by atoms with Gasteiger partial charge in [0.1, 0.15) is 11.8 Å². The molecule has 2 saturated heterocycles. The first kappa shape index (κ1) is 19.2. The zero-order valence-electron chi connectivity index (χ0n) is 17.2. The number of aromatic nitrogens is 1. The Morgan fingerprint density at radius 1 is 1.16 bits per heavy atom. The van der Waals surface area contributed by atoms with Crippen molar-refractivity contribution in [1.29, 1.82) is 0 Å². The molecule has 1 amide bonds. The van der Waals surface area contributed by atoms with Crippen molar-refractivity contribution >= 4 is 40.6 Å². The van der Waals surface area contributed by atoms with Crippen LogP contribution < -0.4 is 0 Å². The van der Waals surface area contributed by atoms with Gasteiger partial charge in [0.05, 0.1) is 17.8 Å². The van der Waals surface area contributed by atoms with Crippen molar-refractivity contribution in [1.82, 2.24) is 9.47 Å². The van der Waals surface area contributed by atoms with E-state index in [0.29, 0.717) is 17.6 Å². The molecule has 10 heteroatoms. The molecule has 4 aliphatic rings. The Hall–Kier alpha value is -3.53. The molecular weight excluding hydrogens is 420 g/mol. The van der Waals surface area contributed by atoms with E-state index >= 15 is 0 Å². The second-order valence-corrected chi connectivity index (χ2v) is 8.36. The third-order valence-corrected chi connectivity index (χ3v) is 7.00. The lowest BCUT2D eigenvalue weighted by Gasteiger charge is -2.48. The van der Waals surface area contributed by atoms with E-state index in [4.69, 9.17) is 14.2 Å². The molecule has 2 bridgehead atoms. The first-order valence-corrected chi connectivity index (χ1v) is 10.4. The molecule has 0 aliphatic carbocycles. The zero-order chi connectivity index (χ0) is 22.6. The fourth-order valence-corrected chi connectivity index (χ4v) is 5.97. The molecule has 4 atom stereocenters. The van der Waals surface area contributed by atoms with Gasteiger partial charge >= 0.3 is 17.9 Å². The summed E-state index contributed by atoms with van der Waals surface area (Å²) in [5.74, 6) is -7.24. The second-order valence-electron chi connectivity index (χ2n) is 8.36. The molecular formula is C22H18N2O8. The fourth-order valence-electron chi connectivity index (χ4n) is 5.97. The van der Waals surface area contributed by atoms with Crippen LogP contribution in [0.15, 0.2) is 24.3 Å². The topological polar surface area (TPSA) is 121 Å². The number of para-hydroxylation sites is 1. The predicted octanol–water partition coefficient (Wildman–Crippen LogP) is 0.500. The Bertz CT molecular complexity index is 1290. The number of carbonyl (C=O) groups excluding carboxylic acids is 5. The van der Waals surface area contributed by atoms with Gasteiger partial charge in [-0.2, -0.15) is 0 Å². The number of hydrogen-bond donors (Lipinski definition) is 0. The van der Waals surface area contributed by atoms with Crippen LogP contribution in [-0.2, 0) is 45.5 Å². The van der Waals surface area contributed by atoms with E-state index in [1.807, 2.05) is 12.1 Å². The van der Waals surface area contributed by atoms with Gasteiger partial charge in [0.2, 0.25) is 11.6 Å². The number of nitrogens with zero attached hydrogens (tertiary/aromatic N) is 2. The van der Waals surface area contributed by atoms with Gasteiger partial charge in [-0.05, 0) is 25.0 Å². The standard InChI is InChI=1S/C22H18N2O8/c1-3-30-20(29)21-14-15(18(27)31-17(14)26)22(32-21)16-12(8-9-23(22)10(2)25)11-6-4-5-7-13(11)24(16)19(21)28/h4-7,14-15H,3,8-9H2,1-2H3/t14-,15+,21+,22-/m0/s1. The van der Waals surface area contributed by atoms with Crippen LogP contribution in [0.25, 0.3) is 10.9 Å². The van der Waals surface area contributed by atoms with Crippen LogP contribution in [0.5, 0.6) is 0 Å². The number of fused-ring (bicyclic) bond motifs is 6. The third-order valence-electron chi connectivity index (χ3n) is 7.00. The van der Waals surface area contributed by atoms with Crippen molar-refractivity contribution in [2.24, 2.45) is 11.8 Å². The highest BCUT2D eigenvalue weighted by atomic mass is 16.6. The number of benzene rings is 1. The monoisotopic (exact) mass is 438 g/mol. The number of ether oxygens (including phenoxy) is 3. The summed E-state index contributed by atoms with van der Waals surface area (Å²) in [6, 6.07) is 7.11. The third kappa shape index (κ3) is 1.81. The van der Waals surface area contributed by atoms with Gasteiger partial charge in [-0.3, -0.25) is 23.7 Å². The summed E-state index contributed by atoms with van der Waals surface area (Å²) in [6.07, 6.45) is 0.410. The van der Waals surface area contributed by atoms with Crippen LogP contribution >= 0.6 is 0 Å². The van der Waals surface area contributed by atoms with E-state index in [9.17, 15) is 24.0 Å². The van der Waals surface area contributed by atoms with Crippen molar-refractivity contribution in [2.75, 3.05) is 13.2 Å². The SMILES string of the molecule is CCOC(=O)[C@]12O[C@]3(c4c(c5ccccc5n4C1=O)CCN3C(C)=O)[C@H]1C(=O)OC(=O)[C@H]12. The van der Waals surface area contributed by atoms with E-state index in [1.165, 1.54) is 16.4 Å². The average Bonchev–Trinajstić information content (AvgIpc) is 3.35. The van der Waals surface area contributed by atoms with Crippen LogP contribution in [0.4, 0.5) is 0 Å². The number of esters is 3. The van der Waals surface area contributed by atoms with Gasteiger partial charge in [0.15, 0.2) is 0 Å². The van der Waals surface area contributed by atoms with Gasteiger partial charge in [-0.15, -0.1) is 0 Å². The minimum absolute atomic E-state index is 0.0778. The molecule has 6 rings (SSSR count). The highest BCUT2D eigenvalue weighted by Gasteiger charge is 2.84. The van der Waals surface area contributed by atoms with Crippen LogP contribution in [0.1, 0.15) is 29.9 Å². The highest BCUT2D eigenvalue weighted by molar-refractivity contribution is 6.18. The van der Waals surface area contributed by atoms with Crippen LogP contribution in [0.3, 0.4) is 0 Å². The van der Waals surface area contributed by atoms with Gasteiger partial charge in [0.25, 0.3) is 11.5 Å². The molecule has 2 fully saturated rings. The Morgan fingerprint density at radius 2 is 1.88 bits per heavy atom. The molecule has 1 aromatic carbocycles. The number of amides is 1. The van der Waals surface area contributed by atoms with Gasteiger partial charge in [-0.25, -0.2) is 4.79 Å². The number of hydrogen-bond acceptors (Lipinski definition) is 8. The van der Waals surface area contributed by atoms with Crippen molar-refractivity contribution in [3.63, 3.8) is 0 Å². The number of rotatable bonds is 2. The molecule has 0 radical (unpaired) electrons. The van der Waals surface area contributed by atoms with Gasteiger partial charge in [0, 0.05) is 18.9 Å². The summed E-state index contributed by atoms with van der Waals surface area (Å²) in [5, 5.41) is 0.753. The maximum absolute atomic E-state index is 14.0. The molecule has 0 saturated carbocycles. The van der Waals surface area contributed by atoms with E-state index in [2.05, 4.69) is 0 Å². The lowest BCUT2D eigenvalue weighted by Crippen LogP contribution is -2.64. The number of carbonyl (C=O) groups is 5. The minimum Gasteiger partial charge on any atom is -0.463 e. The summed E-state index contributed by atoms with van der Waals surface area (Å²) < 4.78 is 17.7. The van der Waals surface area contributed by atoms with Crippen LogP contribution in [0, 0.1) is 11.8 Å². The summed E-state index contributed by atoms with van der Waals surface area (Å²) in [5.41, 5.74) is -2.75. The van der Waals surface area contributed by atoms with Crippen LogP contribution in [-0.4, -0.2) is 57.9 Å². The van der Waals surface area contributed by atoms with Crippen molar-refractivity contribution in [2.45, 2.75) is 31.6 Å². The Balaban J connectivity index is 1.79. The lowest BCUT2D eigenvalue weighted by molar-refractivity contribution is -0.225. The zero-order valence-corrected chi connectivity index (χ0v) is 17.2. The summed E-state index contributed by atoms with van der Waals surface area (Å²) in [7, 11) is 0. The highest BCUT2D eigenvalue weighted by Crippen LogP contribution is 2.63. The summed E-state index contributed by atoms with van der Waals surface area (Å²) >= 11 is 0. The number of cyclic esters (lactones) is 2. The Labute approximate surface area is 181 Å². The molecule has 1 spiro atoms. The molecule has 32 heavy (non-hydrogen) atoms. The molecule has 164 valence electrons. The quantitative estimate of drug-likeness (QED) is 0.491. The predicted molar refractivity (Wildman–Crippen MR) is 104 cm³/mol. The molecule has 0 unspecified atom stereocenters. The van der Waals surface area contributed by atoms with E-state index in [0.717, 1.165) is 10.9 Å². The second kappa shape index (κ2) is 5.83. The van der Waals surface area contributed by atoms with Crippen molar-refractivity contribution < 1.29 is 38.2 Å². The van der Waals surface area contributed by atoms with Crippen LogP contribution in [0.2, 0.25) is 0 Å². The smallest absolute Gasteiger partial charge is 0.349 e. The van der Waals surface area contributed by atoms with E-state index in [-0.39, 0.29) is 13.2 Å². The molecule has 2 aromatic rings. The maximum atomic E-state index is 14.0. The van der Waals surface area contributed by atoms with E-state index in [1.54, 1.807) is 19.1 Å². The fraction of sp³-hybridized carbons (Fsp3) is 0.409. The van der Waals surface area contributed by atoms with Crippen molar-refractivity contribution in [3.8, 4) is 0 Å². The first-order valence-electron chi connectivity index (χ1n) is 10.4. The molecule has 0 N–H and O–H groups in total. The normalized spacial score (nSPS) is 32.1. The molecule has 4 aliphatic heterocycles.